The molecule has 0 aliphatic rings. The van der Waals surface area contributed by atoms with Gasteiger partial charge < -0.3 is 27.0 Å². The second kappa shape index (κ2) is 14.6. The maximum Gasteiger partial charge on any atom is 0.0384 e. The van der Waals surface area contributed by atoms with E-state index in [1.807, 2.05) is 60.7 Å². The van der Waals surface area contributed by atoms with E-state index in [4.69, 9.17) is 10.2 Å². The summed E-state index contributed by atoms with van der Waals surface area (Å²) >= 11 is 7.74. The number of benzene rings is 2. The standard InChI is InChI=1S/C12H11N.2CH3NOS.Na.H/c1-3-7-11(8-4-1)13-12-9-5-2-6-10-12;2*2-1(3)4;;/h1-10,13H;2*(H3,2,3,4);;. The molecular weight excluding hydrogens is 329 g/mol. The van der Waals surface area contributed by atoms with E-state index in [2.05, 4.69) is 41.2 Å². The summed E-state index contributed by atoms with van der Waals surface area (Å²) in [5.74, 6) is 0. The van der Waals surface area contributed by atoms with Gasteiger partial charge in [0.25, 0.3) is 10.3 Å². The molecule has 0 fully saturated rings. The molecule has 2 aromatic rings. The first-order chi connectivity index (χ1) is 9.91. The molecular formula is C14H18N3NaO2S2. The second-order valence-electron chi connectivity index (χ2n) is 3.53. The number of rotatable bonds is 2. The minimum absolute atomic E-state index is 0. The Balaban J connectivity index is 0. The van der Waals surface area contributed by atoms with Crippen LogP contribution in [0.4, 0.5) is 11.4 Å². The molecule has 8 heteroatoms. The van der Waals surface area contributed by atoms with Gasteiger partial charge in [-0.2, -0.15) is 0 Å². The van der Waals surface area contributed by atoms with Crippen molar-refractivity contribution in [2.75, 3.05) is 5.32 Å². The van der Waals surface area contributed by atoms with E-state index in [1.54, 1.807) is 0 Å². The van der Waals surface area contributed by atoms with Crippen molar-refractivity contribution in [3.05, 3.63) is 60.7 Å². The molecule has 0 bridgehead atoms. The van der Waals surface area contributed by atoms with Gasteiger partial charge in [0.15, 0.2) is 0 Å². The number of hydrogen-bond acceptors (Lipinski definition) is 3. The fraction of sp³-hybridized carbons (Fsp3) is 0. The van der Waals surface area contributed by atoms with Crippen LogP contribution in [0.1, 0.15) is 0 Å². The van der Waals surface area contributed by atoms with Crippen LogP contribution in [0.3, 0.4) is 0 Å². The van der Waals surface area contributed by atoms with Crippen molar-refractivity contribution < 1.29 is 10.2 Å². The van der Waals surface area contributed by atoms with Crippen molar-refractivity contribution in [3.8, 4) is 0 Å². The van der Waals surface area contributed by atoms with E-state index in [1.165, 1.54) is 0 Å². The number of nitrogens with one attached hydrogen (secondary N) is 1. The fourth-order valence-electron chi connectivity index (χ4n) is 1.21. The van der Waals surface area contributed by atoms with Crippen LogP contribution in [0, 0.1) is 0 Å². The Kier molecular flexibility index (Phi) is 15.1. The van der Waals surface area contributed by atoms with Gasteiger partial charge in [-0.1, -0.05) is 36.4 Å². The van der Waals surface area contributed by atoms with Gasteiger partial charge in [-0.05, 0) is 48.7 Å². The Morgan fingerprint density at radius 1 is 0.727 bits per heavy atom. The van der Waals surface area contributed by atoms with E-state index in [9.17, 15) is 0 Å². The van der Waals surface area contributed by atoms with Crippen LogP contribution in [0.5, 0.6) is 0 Å². The molecule has 2 aromatic carbocycles. The summed E-state index contributed by atoms with van der Waals surface area (Å²) in [6.45, 7) is 0. The number of aliphatic hydroxyl groups excluding tert-OH is 2. The molecule has 7 N–H and O–H groups in total. The van der Waals surface area contributed by atoms with Crippen molar-refractivity contribution in [3.63, 3.8) is 0 Å². The SMILES string of the molecule is NC(O)=S.NC(O)=S.[NaH].c1ccc(Nc2ccccc2)cc1. The summed E-state index contributed by atoms with van der Waals surface area (Å²) in [4.78, 5) is 0. The number of anilines is 2. The van der Waals surface area contributed by atoms with Gasteiger partial charge in [0, 0.05) is 11.4 Å². The van der Waals surface area contributed by atoms with Crippen LogP contribution in [0.2, 0.25) is 0 Å². The first-order valence-electron chi connectivity index (χ1n) is 5.75. The zero-order valence-electron chi connectivity index (χ0n) is 11.1. The largest absolute Gasteiger partial charge is 0.356 e. The van der Waals surface area contributed by atoms with Gasteiger partial charge in [-0.25, -0.2) is 0 Å². The molecule has 0 heterocycles. The van der Waals surface area contributed by atoms with Gasteiger partial charge in [-0.3, -0.25) is 0 Å². The van der Waals surface area contributed by atoms with Crippen LogP contribution < -0.4 is 16.8 Å². The molecule has 0 aromatic heterocycles. The third-order valence-corrected chi connectivity index (χ3v) is 1.84. The first kappa shape index (κ1) is 22.9. The molecule has 0 radical (unpaired) electrons. The molecule has 0 spiro atoms. The minimum Gasteiger partial charge on any atom is -0.356 e. The van der Waals surface area contributed by atoms with Gasteiger partial charge in [0.1, 0.15) is 0 Å². The van der Waals surface area contributed by atoms with Gasteiger partial charge in [0.2, 0.25) is 0 Å². The van der Waals surface area contributed by atoms with Crippen molar-refractivity contribution in [1.82, 2.24) is 0 Å². The maximum absolute atomic E-state index is 7.56. The molecule has 2 rings (SSSR count). The monoisotopic (exact) mass is 347 g/mol. The number of hydrogen-bond donors (Lipinski definition) is 5. The van der Waals surface area contributed by atoms with Crippen LogP contribution in [-0.2, 0) is 0 Å². The van der Waals surface area contributed by atoms with Gasteiger partial charge in [-0.15, -0.1) is 0 Å². The van der Waals surface area contributed by atoms with Gasteiger partial charge in [0.05, 0.1) is 0 Å². The van der Waals surface area contributed by atoms with E-state index in [-0.39, 0.29) is 29.6 Å². The molecule has 114 valence electrons. The summed E-state index contributed by atoms with van der Waals surface area (Å²) in [5.41, 5.74) is 11.0. The van der Waals surface area contributed by atoms with E-state index < -0.39 is 10.3 Å². The number of aliphatic hydroxyl groups is 2. The molecule has 0 atom stereocenters. The zero-order chi connectivity index (χ0) is 16.1. The fourth-order valence-corrected chi connectivity index (χ4v) is 1.21. The maximum atomic E-state index is 7.56. The second-order valence-corrected chi connectivity index (χ2v) is 4.37. The first-order valence-corrected chi connectivity index (χ1v) is 6.57. The third-order valence-electron chi connectivity index (χ3n) is 1.84. The van der Waals surface area contributed by atoms with E-state index in [0.29, 0.717) is 0 Å². The molecule has 0 aliphatic carbocycles. The van der Waals surface area contributed by atoms with Crippen molar-refractivity contribution in [2.24, 2.45) is 11.5 Å². The van der Waals surface area contributed by atoms with Crippen molar-refractivity contribution in [2.45, 2.75) is 0 Å². The van der Waals surface area contributed by atoms with Crippen LogP contribution in [-0.4, -0.2) is 50.1 Å². The van der Waals surface area contributed by atoms with E-state index >= 15 is 0 Å². The minimum atomic E-state index is -0.500. The van der Waals surface area contributed by atoms with E-state index in [0.717, 1.165) is 11.4 Å². The number of nitrogens with two attached hydrogens (primary N) is 2. The van der Waals surface area contributed by atoms with Crippen molar-refractivity contribution >= 4 is 75.7 Å². The molecule has 0 saturated heterocycles. The average molecular weight is 347 g/mol. The van der Waals surface area contributed by atoms with Crippen molar-refractivity contribution in [1.29, 1.82) is 0 Å². The Labute approximate surface area is 162 Å². The van der Waals surface area contributed by atoms with Crippen LogP contribution in [0.15, 0.2) is 60.7 Å². The zero-order valence-corrected chi connectivity index (χ0v) is 12.8. The Morgan fingerprint density at radius 2 is 0.955 bits per heavy atom. The van der Waals surface area contributed by atoms with Gasteiger partial charge >= 0.3 is 29.6 Å². The Bertz CT molecular complexity index is 485. The Morgan fingerprint density at radius 3 is 1.18 bits per heavy atom. The summed E-state index contributed by atoms with van der Waals surface area (Å²) in [7, 11) is 0. The predicted molar refractivity (Wildman–Crippen MR) is 102 cm³/mol. The molecule has 0 amide bonds. The molecule has 0 unspecified atom stereocenters. The summed E-state index contributed by atoms with van der Waals surface area (Å²) in [6, 6.07) is 20.3. The normalized spacial score (nSPS) is 7.82. The Hall–Kier alpha value is -1.38. The molecule has 5 nitrogen and oxygen atoms in total. The smallest absolute Gasteiger partial charge is 0.0384 e. The molecule has 22 heavy (non-hydrogen) atoms. The quantitative estimate of drug-likeness (QED) is 0.419. The third kappa shape index (κ3) is 16.7. The average Bonchev–Trinajstić information content (AvgIpc) is 2.40. The summed E-state index contributed by atoms with van der Waals surface area (Å²) in [5, 5.41) is 17.4. The van der Waals surface area contributed by atoms with Crippen LogP contribution in [0.25, 0.3) is 0 Å². The summed E-state index contributed by atoms with van der Waals surface area (Å²) < 4.78 is 0. The molecule has 0 saturated carbocycles. The molecule has 0 aliphatic heterocycles. The predicted octanol–water partition coefficient (Wildman–Crippen LogP) is 2.36. The topological polar surface area (TPSA) is 105 Å². The summed E-state index contributed by atoms with van der Waals surface area (Å²) in [6.07, 6.45) is 0. The van der Waals surface area contributed by atoms with Crippen LogP contribution >= 0.6 is 24.4 Å². The number of para-hydroxylation sites is 2. The number of thiocarbonyl (C=S) groups is 2.